The molecule has 1 atom stereocenters. The van der Waals surface area contributed by atoms with Gasteiger partial charge in [-0.25, -0.2) is 4.79 Å². The Morgan fingerprint density at radius 2 is 1.95 bits per heavy atom. The van der Waals surface area contributed by atoms with Crippen LogP contribution in [0, 0.1) is 5.92 Å². The second kappa shape index (κ2) is 5.87. The number of nitrogens with zero attached hydrogens (tertiary/aromatic N) is 3. The zero-order valence-electron chi connectivity index (χ0n) is 10.3. The summed E-state index contributed by atoms with van der Waals surface area (Å²) >= 11 is 0. The fourth-order valence-corrected chi connectivity index (χ4v) is 1.62. The molecule has 102 valence electrons. The van der Waals surface area contributed by atoms with Gasteiger partial charge < -0.3 is 15.0 Å². The van der Waals surface area contributed by atoms with Crippen LogP contribution in [0.15, 0.2) is 0 Å². The molecule has 1 aliphatic rings. The first-order valence-electron chi connectivity index (χ1n) is 5.19. The topological polar surface area (TPSA) is 126 Å². The Morgan fingerprint density at radius 3 is 2.42 bits per heavy atom. The van der Waals surface area contributed by atoms with Crippen LogP contribution < -0.4 is 0 Å². The maximum atomic E-state index is 11.8. The van der Waals surface area contributed by atoms with E-state index in [-0.39, 0.29) is 13.0 Å². The third-order valence-electron chi connectivity index (χ3n) is 2.59. The average molecular weight is 269 g/mol. The van der Waals surface area contributed by atoms with Crippen LogP contribution >= 0.6 is 0 Å². The Bertz CT molecular complexity index is 493. The molecule has 2 amide bonds. The number of hydrogen-bond acceptors (Lipinski definition) is 6. The van der Waals surface area contributed by atoms with E-state index in [2.05, 4.69) is 14.3 Å². The summed E-state index contributed by atoms with van der Waals surface area (Å²) in [4.78, 5) is 49.0. The van der Waals surface area contributed by atoms with Gasteiger partial charge in [0.2, 0.25) is 5.91 Å². The van der Waals surface area contributed by atoms with Crippen molar-refractivity contribution in [1.82, 2.24) is 4.90 Å². The number of esters is 2. The number of methoxy groups -OCH3 is 2. The molecule has 0 N–H and O–H groups in total. The highest BCUT2D eigenvalue weighted by Gasteiger charge is 2.44. The van der Waals surface area contributed by atoms with Crippen molar-refractivity contribution in [1.29, 1.82) is 0 Å². The van der Waals surface area contributed by atoms with E-state index in [4.69, 9.17) is 5.53 Å². The molecule has 1 unspecified atom stereocenters. The Balaban J connectivity index is 2.90. The van der Waals surface area contributed by atoms with Crippen molar-refractivity contribution in [2.45, 2.75) is 6.42 Å². The van der Waals surface area contributed by atoms with Gasteiger partial charge in [-0.05, 0) is 0 Å². The van der Waals surface area contributed by atoms with Crippen LogP contribution in [-0.4, -0.2) is 59.9 Å². The predicted octanol–water partition coefficient (Wildman–Crippen LogP) is -1.62. The van der Waals surface area contributed by atoms with Crippen LogP contribution in [0.5, 0.6) is 0 Å². The van der Waals surface area contributed by atoms with Crippen LogP contribution in [-0.2, 0) is 28.7 Å². The maximum absolute atomic E-state index is 11.8. The molecular formula is C10H11N3O6. The van der Waals surface area contributed by atoms with Crippen LogP contribution in [0.1, 0.15) is 6.42 Å². The van der Waals surface area contributed by atoms with E-state index < -0.39 is 35.4 Å². The summed E-state index contributed by atoms with van der Waals surface area (Å²) in [5.41, 5.74) is 7.67. The van der Waals surface area contributed by atoms with Gasteiger partial charge in [-0.2, -0.15) is 4.79 Å². The average Bonchev–Trinajstić information content (AvgIpc) is 2.80. The predicted molar refractivity (Wildman–Crippen MR) is 57.5 cm³/mol. The molecule has 0 aromatic heterocycles. The number of likely N-dealkylation sites (tertiary alicyclic amines) is 1. The lowest BCUT2D eigenvalue weighted by Gasteiger charge is -2.10. The molecule has 9 nitrogen and oxygen atoms in total. The van der Waals surface area contributed by atoms with Gasteiger partial charge in [0.15, 0.2) is 0 Å². The molecule has 0 aliphatic carbocycles. The molecule has 1 heterocycles. The quantitative estimate of drug-likeness (QED) is 0.199. The third kappa shape index (κ3) is 2.83. The Kier molecular flexibility index (Phi) is 4.49. The highest BCUT2D eigenvalue weighted by Crippen LogP contribution is 2.19. The monoisotopic (exact) mass is 269 g/mol. The molecule has 0 spiro atoms. The first-order chi connectivity index (χ1) is 8.96. The largest absolute Gasteiger partial charge is 0.469 e. The van der Waals surface area contributed by atoms with Crippen LogP contribution in [0.3, 0.4) is 0 Å². The lowest BCUT2D eigenvalue weighted by Crippen LogP contribution is -2.42. The van der Waals surface area contributed by atoms with Crippen molar-refractivity contribution in [2.75, 3.05) is 20.8 Å². The molecule has 9 heteroatoms. The van der Waals surface area contributed by atoms with Gasteiger partial charge in [-0.3, -0.25) is 19.3 Å². The minimum Gasteiger partial charge on any atom is -0.469 e. The highest BCUT2D eigenvalue weighted by molar-refractivity contribution is 6.62. The van der Waals surface area contributed by atoms with E-state index in [1.165, 1.54) is 0 Å². The molecule has 0 radical (unpaired) electrons. The lowest BCUT2D eigenvalue weighted by molar-refractivity contribution is -0.145. The molecule has 1 saturated heterocycles. The Morgan fingerprint density at radius 1 is 1.32 bits per heavy atom. The molecule has 0 bridgehead atoms. The highest BCUT2D eigenvalue weighted by atomic mass is 16.5. The van der Waals surface area contributed by atoms with E-state index in [9.17, 15) is 19.2 Å². The normalized spacial score (nSPS) is 17.7. The van der Waals surface area contributed by atoms with E-state index in [1.54, 1.807) is 0 Å². The van der Waals surface area contributed by atoms with Crippen molar-refractivity contribution < 1.29 is 33.4 Å². The summed E-state index contributed by atoms with van der Waals surface area (Å²) in [6.45, 7) is -0.236. The van der Waals surface area contributed by atoms with Crippen molar-refractivity contribution in [3.8, 4) is 0 Å². The lowest BCUT2D eigenvalue weighted by atomic mass is 10.1. The minimum absolute atomic E-state index is 0.210. The first kappa shape index (κ1) is 14.5. The number of ether oxygens (including phenoxy) is 2. The maximum Gasteiger partial charge on any atom is 0.463 e. The molecule has 0 aromatic rings. The van der Waals surface area contributed by atoms with Gasteiger partial charge in [0.05, 0.1) is 20.1 Å². The van der Waals surface area contributed by atoms with E-state index in [1.807, 2.05) is 0 Å². The van der Waals surface area contributed by atoms with Crippen molar-refractivity contribution in [3.05, 3.63) is 5.53 Å². The van der Waals surface area contributed by atoms with Crippen molar-refractivity contribution >= 4 is 29.5 Å². The van der Waals surface area contributed by atoms with E-state index in [0.717, 1.165) is 14.2 Å². The van der Waals surface area contributed by atoms with Gasteiger partial charge in [0.1, 0.15) is 0 Å². The van der Waals surface area contributed by atoms with Crippen LogP contribution in [0.2, 0.25) is 0 Å². The van der Waals surface area contributed by atoms with Gasteiger partial charge in [-0.1, -0.05) is 0 Å². The van der Waals surface area contributed by atoms with Crippen LogP contribution in [0.4, 0.5) is 0 Å². The van der Waals surface area contributed by atoms with Crippen molar-refractivity contribution in [3.63, 3.8) is 0 Å². The molecule has 1 fully saturated rings. The fraction of sp³-hybridized carbons (Fsp3) is 0.500. The Labute approximate surface area is 107 Å². The zero-order valence-corrected chi connectivity index (χ0v) is 10.3. The standard InChI is InChI=1S/C10H11N3O6/c1-18-9(16)5-3-6(14)13(4-5)8(15)7(12-11)10(17)19-2/h5H,3-4H2,1-2H3. The molecular weight excluding hydrogens is 258 g/mol. The number of carbonyl (C=O) groups excluding carboxylic acids is 4. The van der Waals surface area contributed by atoms with Gasteiger partial charge in [-0.15, -0.1) is 0 Å². The molecule has 0 aromatic carbocycles. The second-order valence-electron chi connectivity index (χ2n) is 3.67. The smallest absolute Gasteiger partial charge is 0.463 e. The fourth-order valence-electron chi connectivity index (χ4n) is 1.62. The van der Waals surface area contributed by atoms with E-state index in [0.29, 0.717) is 4.90 Å². The van der Waals surface area contributed by atoms with Gasteiger partial charge in [0.25, 0.3) is 0 Å². The Hall–Kier alpha value is -2.54. The number of carbonyl (C=O) groups is 4. The van der Waals surface area contributed by atoms with Gasteiger partial charge in [0, 0.05) is 13.0 Å². The molecule has 1 rings (SSSR count). The zero-order chi connectivity index (χ0) is 14.6. The second-order valence-corrected chi connectivity index (χ2v) is 3.67. The number of amides is 2. The number of imide groups is 1. The molecule has 19 heavy (non-hydrogen) atoms. The summed E-state index contributed by atoms with van der Waals surface area (Å²) in [5.74, 6) is -4.39. The summed E-state index contributed by atoms with van der Waals surface area (Å²) in [7, 11) is 2.15. The van der Waals surface area contributed by atoms with Crippen molar-refractivity contribution in [2.24, 2.45) is 5.92 Å². The van der Waals surface area contributed by atoms with E-state index >= 15 is 0 Å². The minimum atomic E-state index is -1.18. The first-order valence-corrected chi connectivity index (χ1v) is 5.19. The summed E-state index contributed by atoms with van der Waals surface area (Å²) in [6.07, 6.45) is -0.210. The summed E-state index contributed by atoms with van der Waals surface area (Å²) < 4.78 is 8.70. The third-order valence-corrected chi connectivity index (χ3v) is 2.59. The summed E-state index contributed by atoms with van der Waals surface area (Å²) in [6, 6.07) is 0. The SMILES string of the molecule is COC(=O)C(=[N+]=[N-])C(=O)N1CC(C(=O)OC)CC1=O. The summed E-state index contributed by atoms with van der Waals surface area (Å²) in [5, 5.41) is 0. The number of rotatable bonds is 3. The molecule has 0 saturated carbocycles. The molecule has 1 aliphatic heterocycles. The van der Waals surface area contributed by atoms with Gasteiger partial charge >= 0.3 is 23.6 Å². The number of hydrogen-bond donors (Lipinski definition) is 0. The van der Waals surface area contributed by atoms with Crippen LogP contribution in [0.25, 0.3) is 5.53 Å².